The molecule has 0 heterocycles. The largest absolute Gasteiger partial charge is 0.338 e. The van der Waals surface area contributed by atoms with Crippen molar-refractivity contribution in [1.82, 2.24) is 10.6 Å². The molecule has 100 valence electrons. The van der Waals surface area contributed by atoms with Crippen molar-refractivity contribution >= 4 is 6.03 Å². The summed E-state index contributed by atoms with van der Waals surface area (Å²) in [6.07, 6.45) is 9.90. The highest BCUT2D eigenvalue weighted by molar-refractivity contribution is 5.74. The first-order valence-corrected chi connectivity index (χ1v) is 7.23. The van der Waals surface area contributed by atoms with Crippen LogP contribution in [0.25, 0.3) is 0 Å². The third kappa shape index (κ3) is 7.24. The molecule has 3 heteroatoms. The van der Waals surface area contributed by atoms with Crippen LogP contribution in [0.2, 0.25) is 0 Å². The van der Waals surface area contributed by atoms with Crippen LogP contribution in [0.3, 0.4) is 0 Å². The third-order valence-corrected chi connectivity index (χ3v) is 3.45. The second kappa shape index (κ2) is 8.37. The zero-order chi connectivity index (χ0) is 12.5. The summed E-state index contributed by atoms with van der Waals surface area (Å²) < 4.78 is 0. The highest BCUT2D eigenvalue weighted by atomic mass is 16.2. The summed E-state index contributed by atoms with van der Waals surface area (Å²) in [5.74, 6) is 0.650. The fourth-order valence-electron chi connectivity index (χ4n) is 2.31. The van der Waals surface area contributed by atoms with Crippen LogP contribution in [-0.2, 0) is 0 Å². The monoisotopic (exact) mass is 240 g/mol. The van der Waals surface area contributed by atoms with E-state index in [9.17, 15) is 4.79 Å². The number of urea groups is 1. The molecule has 1 aliphatic carbocycles. The Kier molecular flexibility index (Phi) is 7.06. The van der Waals surface area contributed by atoms with Gasteiger partial charge in [-0.2, -0.15) is 0 Å². The predicted octanol–water partition coefficient (Wildman–Crippen LogP) is 3.44. The van der Waals surface area contributed by atoms with Gasteiger partial charge < -0.3 is 10.6 Å². The number of rotatable bonds is 4. The van der Waals surface area contributed by atoms with E-state index >= 15 is 0 Å². The fraction of sp³-hybridized carbons (Fsp3) is 0.929. The Morgan fingerprint density at radius 3 is 2.29 bits per heavy atom. The van der Waals surface area contributed by atoms with Crippen LogP contribution in [0.15, 0.2) is 0 Å². The summed E-state index contributed by atoms with van der Waals surface area (Å²) in [5, 5.41) is 6.06. The van der Waals surface area contributed by atoms with Gasteiger partial charge in [-0.05, 0) is 25.2 Å². The average molecular weight is 240 g/mol. The molecule has 1 fully saturated rings. The van der Waals surface area contributed by atoms with E-state index < -0.39 is 0 Å². The summed E-state index contributed by atoms with van der Waals surface area (Å²) >= 11 is 0. The molecule has 17 heavy (non-hydrogen) atoms. The Morgan fingerprint density at radius 1 is 1.12 bits per heavy atom. The Labute approximate surface area is 106 Å². The molecule has 0 unspecified atom stereocenters. The Balaban J connectivity index is 2.14. The molecule has 1 rings (SSSR count). The molecule has 0 spiro atoms. The lowest BCUT2D eigenvalue weighted by molar-refractivity contribution is 0.233. The number of nitrogens with one attached hydrogen (secondary N) is 2. The van der Waals surface area contributed by atoms with Gasteiger partial charge in [0.2, 0.25) is 0 Å². The number of carbonyl (C=O) groups is 1. The molecule has 2 amide bonds. The summed E-state index contributed by atoms with van der Waals surface area (Å²) in [5.41, 5.74) is 0. The van der Waals surface area contributed by atoms with Crippen molar-refractivity contribution in [2.75, 3.05) is 6.54 Å². The molecule has 0 aromatic carbocycles. The number of hydrogen-bond acceptors (Lipinski definition) is 1. The van der Waals surface area contributed by atoms with Gasteiger partial charge in [-0.3, -0.25) is 0 Å². The van der Waals surface area contributed by atoms with Crippen LogP contribution in [0.1, 0.15) is 65.2 Å². The molecule has 1 aliphatic rings. The molecule has 0 aromatic heterocycles. The van der Waals surface area contributed by atoms with Gasteiger partial charge in [-0.25, -0.2) is 4.79 Å². The van der Waals surface area contributed by atoms with Gasteiger partial charge in [-0.15, -0.1) is 0 Å². The summed E-state index contributed by atoms with van der Waals surface area (Å²) in [4.78, 5) is 11.7. The van der Waals surface area contributed by atoms with E-state index in [0.717, 1.165) is 25.8 Å². The molecule has 0 bridgehead atoms. The molecular weight excluding hydrogens is 212 g/mol. The molecule has 0 aliphatic heterocycles. The summed E-state index contributed by atoms with van der Waals surface area (Å²) in [6.45, 7) is 5.14. The predicted molar refractivity (Wildman–Crippen MR) is 72.1 cm³/mol. The first-order valence-electron chi connectivity index (χ1n) is 7.23. The molecule has 0 atom stereocenters. The lowest BCUT2D eigenvalue weighted by Crippen LogP contribution is -2.42. The molecule has 0 saturated heterocycles. The van der Waals surface area contributed by atoms with Gasteiger partial charge >= 0.3 is 6.03 Å². The van der Waals surface area contributed by atoms with E-state index in [1.54, 1.807) is 0 Å². The Bertz CT molecular complexity index is 208. The van der Waals surface area contributed by atoms with Crippen molar-refractivity contribution in [1.29, 1.82) is 0 Å². The molecule has 0 radical (unpaired) electrons. The van der Waals surface area contributed by atoms with Crippen LogP contribution in [0.4, 0.5) is 4.79 Å². The van der Waals surface area contributed by atoms with Crippen molar-refractivity contribution in [3.63, 3.8) is 0 Å². The van der Waals surface area contributed by atoms with E-state index in [1.807, 2.05) is 0 Å². The maximum absolute atomic E-state index is 11.7. The van der Waals surface area contributed by atoms with Crippen molar-refractivity contribution in [2.45, 2.75) is 71.3 Å². The second-order valence-corrected chi connectivity index (χ2v) is 5.62. The molecule has 2 N–H and O–H groups in total. The average Bonchev–Trinajstić information content (AvgIpc) is 2.21. The topological polar surface area (TPSA) is 41.1 Å². The van der Waals surface area contributed by atoms with Gasteiger partial charge in [0.15, 0.2) is 0 Å². The lowest BCUT2D eigenvalue weighted by Gasteiger charge is -2.21. The maximum Gasteiger partial charge on any atom is 0.315 e. The Hall–Kier alpha value is -0.730. The van der Waals surface area contributed by atoms with Crippen LogP contribution >= 0.6 is 0 Å². The van der Waals surface area contributed by atoms with Crippen molar-refractivity contribution in [2.24, 2.45) is 5.92 Å². The van der Waals surface area contributed by atoms with E-state index in [4.69, 9.17) is 0 Å². The lowest BCUT2D eigenvalue weighted by atomic mass is 9.97. The molecular formula is C14H28N2O. The first-order chi connectivity index (χ1) is 8.18. The van der Waals surface area contributed by atoms with E-state index in [-0.39, 0.29) is 6.03 Å². The summed E-state index contributed by atoms with van der Waals surface area (Å²) in [6, 6.07) is 0.422. The smallest absolute Gasteiger partial charge is 0.315 e. The fourth-order valence-corrected chi connectivity index (χ4v) is 2.31. The molecule has 3 nitrogen and oxygen atoms in total. The van der Waals surface area contributed by atoms with Crippen LogP contribution in [0, 0.1) is 5.92 Å². The zero-order valence-electron chi connectivity index (χ0n) is 11.4. The maximum atomic E-state index is 11.7. The number of hydrogen-bond donors (Lipinski definition) is 2. The SMILES string of the molecule is CC(C)CCNC(=O)NC1CCCCCCC1. The van der Waals surface area contributed by atoms with E-state index in [0.29, 0.717) is 12.0 Å². The van der Waals surface area contributed by atoms with E-state index in [1.165, 1.54) is 32.1 Å². The summed E-state index contributed by atoms with van der Waals surface area (Å²) in [7, 11) is 0. The highest BCUT2D eigenvalue weighted by Gasteiger charge is 2.13. The van der Waals surface area contributed by atoms with Crippen LogP contribution < -0.4 is 10.6 Å². The second-order valence-electron chi connectivity index (χ2n) is 5.62. The first kappa shape index (κ1) is 14.3. The van der Waals surface area contributed by atoms with Gasteiger partial charge in [0.1, 0.15) is 0 Å². The van der Waals surface area contributed by atoms with Gasteiger partial charge in [0.05, 0.1) is 0 Å². The Morgan fingerprint density at radius 2 is 1.71 bits per heavy atom. The highest BCUT2D eigenvalue weighted by Crippen LogP contribution is 2.16. The normalized spacial score (nSPS) is 18.5. The minimum Gasteiger partial charge on any atom is -0.338 e. The van der Waals surface area contributed by atoms with Gasteiger partial charge in [0.25, 0.3) is 0 Å². The van der Waals surface area contributed by atoms with E-state index in [2.05, 4.69) is 24.5 Å². The van der Waals surface area contributed by atoms with Crippen molar-refractivity contribution in [3.8, 4) is 0 Å². The quantitative estimate of drug-likeness (QED) is 0.776. The van der Waals surface area contributed by atoms with Gasteiger partial charge in [-0.1, -0.05) is 46.0 Å². The van der Waals surface area contributed by atoms with Crippen molar-refractivity contribution in [3.05, 3.63) is 0 Å². The van der Waals surface area contributed by atoms with Crippen molar-refractivity contribution < 1.29 is 4.79 Å². The van der Waals surface area contributed by atoms with Crippen LogP contribution in [0.5, 0.6) is 0 Å². The zero-order valence-corrected chi connectivity index (χ0v) is 11.4. The molecule has 0 aromatic rings. The minimum atomic E-state index is 0.0243. The standard InChI is InChI=1S/C14H28N2O/c1-12(2)10-11-15-14(17)16-13-8-6-4-3-5-7-9-13/h12-13H,3-11H2,1-2H3,(H2,15,16,17). The third-order valence-electron chi connectivity index (χ3n) is 3.45. The van der Waals surface area contributed by atoms with Crippen LogP contribution in [-0.4, -0.2) is 18.6 Å². The number of amides is 2. The minimum absolute atomic E-state index is 0.0243. The van der Waals surface area contributed by atoms with Gasteiger partial charge in [0, 0.05) is 12.6 Å². The molecule has 1 saturated carbocycles. The number of carbonyl (C=O) groups excluding carboxylic acids is 1.